The van der Waals surface area contributed by atoms with Gasteiger partial charge in [-0.1, -0.05) is 72.8 Å². The third-order valence-corrected chi connectivity index (χ3v) is 6.44. The monoisotopic (exact) mass is 454 g/mol. The maximum atomic E-state index is 13.2. The number of anilines is 1. The fraction of sp³-hybridized carbons (Fsp3) is 0.333. The Labute approximate surface area is 193 Å². The summed E-state index contributed by atoms with van der Waals surface area (Å²) in [5.74, 6) is 0. The quantitative estimate of drug-likeness (QED) is 0.541. The summed E-state index contributed by atoms with van der Waals surface area (Å²) in [6, 6.07) is 27.0. The normalized spacial score (nSPS) is 19.3. The fourth-order valence-corrected chi connectivity index (χ4v) is 4.45. The number of hydrogen-bond acceptors (Lipinski definition) is 3. The lowest BCUT2D eigenvalue weighted by Crippen LogP contribution is -2.54. The molecule has 0 aliphatic carbocycles. The maximum Gasteiger partial charge on any atom is 0.421 e. The van der Waals surface area contributed by atoms with Crippen LogP contribution in [0.5, 0.6) is 0 Å². The second kappa shape index (κ2) is 9.57. The lowest BCUT2D eigenvalue weighted by molar-refractivity contribution is -0.258. The fourth-order valence-electron chi connectivity index (χ4n) is 4.45. The summed E-state index contributed by atoms with van der Waals surface area (Å²) in [5.41, 5.74) is 0.343. The van der Waals surface area contributed by atoms with E-state index in [1.807, 2.05) is 36.4 Å². The van der Waals surface area contributed by atoms with Crippen molar-refractivity contribution in [1.82, 2.24) is 4.90 Å². The number of aliphatic hydroxyl groups is 1. The second-order valence-electron chi connectivity index (χ2n) is 8.87. The zero-order chi connectivity index (χ0) is 23.5. The first-order chi connectivity index (χ1) is 15.7. The third kappa shape index (κ3) is 5.40. The van der Waals surface area contributed by atoms with E-state index in [2.05, 4.69) is 34.1 Å². The second-order valence-corrected chi connectivity index (χ2v) is 8.87. The van der Waals surface area contributed by atoms with Crippen LogP contribution in [0, 0.1) is 0 Å². The van der Waals surface area contributed by atoms with Crippen LogP contribution in [0.1, 0.15) is 23.6 Å². The van der Waals surface area contributed by atoms with Crippen molar-refractivity contribution in [1.29, 1.82) is 0 Å². The highest BCUT2D eigenvalue weighted by Crippen LogP contribution is 2.39. The van der Waals surface area contributed by atoms with E-state index in [1.165, 1.54) is 23.3 Å². The topological polar surface area (TPSA) is 26.7 Å². The summed E-state index contributed by atoms with van der Waals surface area (Å²) in [6.45, 7) is 4.16. The molecule has 1 aliphatic heterocycles. The Morgan fingerprint density at radius 2 is 1.39 bits per heavy atom. The average Bonchev–Trinajstić information content (AvgIpc) is 2.80. The van der Waals surface area contributed by atoms with Gasteiger partial charge in [0.25, 0.3) is 0 Å². The number of alkyl halides is 3. The van der Waals surface area contributed by atoms with Gasteiger partial charge in [-0.3, -0.25) is 4.90 Å². The van der Waals surface area contributed by atoms with Crippen LogP contribution in [0.15, 0.2) is 84.9 Å². The van der Waals surface area contributed by atoms with Gasteiger partial charge in [0, 0.05) is 37.9 Å². The van der Waals surface area contributed by atoms with Crippen molar-refractivity contribution in [3.63, 3.8) is 0 Å². The molecule has 4 rings (SSSR count). The summed E-state index contributed by atoms with van der Waals surface area (Å²) in [4.78, 5) is 4.71. The summed E-state index contributed by atoms with van der Waals surface area (Å²) in [7, 11) is 0. The Kier molecular flexibility index (Phi) is 6.77. The predicted octanol–water partition coefficient (Wildman–Crippen LogP) is 5.39. The van der Waals surface area contributed by atoms with Crippen LogP contribution in [0.25, 0.3) is 0 Å². The van der Waals surface area contributed by atoms with Crippen molar-refractivity contribution in [3.05, 3.63) is 102 Å². The molecule has 3 nitrogen and oxygen atoms in total. The summed E-state index contributed by atoms with van der Waals surface area (Å²) >= 11 is 0. The lowest BCUT2D eigenvalue weighted by atomic mass is 9.94. The molecule has 1 heterocycles. The molecule has 6 heteroatoms. The molecular formula is C27H29F3N2O. The van der Waals surface area contributed by atoms with Crippen LogP contribution < -0.4 is 4.90 Å². The molecule has 3 aromatic carbocycles. The van der Waals surface area contributed by atoms with Gasteiger partial charge in [0.05, 0.1) is 0 Å². The largest absolute Gasteiger partial charge is 0.421 e. The molecule has 174 valence electrons. The van der Waals surface area contributed by atoms with E-state index in [0.717, 1.165) is 45.2 Å². The van der Waals surface area contributed by atoms with E-state index >= 15 is 0 Å². The van der Waals surface area contributed by atoms with Gasteiger partial charge >= 0.3 is 6.18 Å². The molecule has 0 saturated carbocycles. The summed E-state index contributed by atoms with van der Waals surface area (Å²) in [5, 5.41) is 10.00. The highest BCUT2D eigenvalue weighted by molar-refractivity contribution is 5.50. The standard InChI is InChI=1S/C27H29F3N2O/c1-26(33,27(28,29)30)23-12-14-24(15-13-23)32-17-16-31(19-22-10-6-3-7-11-22)20-25(32)18-21-8-4-2-5-9-21/h2-15,25,33H,16-20H2,1H3. The Hall–Kier alpha value is -2.83. The van der Waals surface area contributed by atoms with Crippen LogP contribution >= 0.6 is 0 Å². The van der Waals surface area contributed by atoms with Crippen LogP contribution in [0.3, 0.4) is 0 Å². The van der Waals surface area contributed by atoms with Gasteiger partial charge in [0.1, 0.15) is 0 Å². The minimum atomic E-state index is -4.73. The van der Waals surface area contributed by atoms with Crippen LogP contribution in [0.2, 0.25) is 0 Å². The Balaban J connectivity index is 1.55. The molecular weight excluding hydrogens is 425 g/mol. The van der Waals surface area contributed by atoms with Crippen LogP contribution in [-0.2, 0) is 18.6 Å². The summed E-state index contributed by atoms with van der Waals surface area (Å²) in [6.07, 6.45) is -3.89. The molecule has 0 bridgehead atoms. The van der Waals surface area contributed by atoms with E-state index in [0.29, 0.717) is 0 Å². The zero-order valence-corrected chi connectivity index (χ0v) is 18.7. The van der Waals surface area contributed by atoms with E-state index in [1.54, 1.807) is 12.1 Å². The average molecular weight is 455 g/mol. The highest BCUT2D eigenvalue weighted by atomic mass is 19.4. The number of rotatable bonds is 6. The minimum absolute atomic E-state index is 0.152. The first-order valence-corrected chi connectivity index (χ1v) is 11.2. The van der Waals surface area contributed by atoms with E-state index in [9.17, 15) is 18.3 Å². The molecule has 0 amide bonds. The molecule has 0 spiro atoms. The van der Waals surface area contributed by atoms with Crippen molar-refractivity contribution in [2.75, 3.05) is 24.5 Å². The molecule has 33 heavy (non-hydrogen) atoms. The molecule has 2 atom stereocenters. The van der Waals surface area contributed by atoms with Gasteiger partial charge < -0.3 is 10.0 Å². The third-order valence-electron chi connectivity index (χ3n) is 6.44. The van der Waals surface area contributed by atoms with Crippen molar-refractivity contribution < 1.29 is 18.3 Å². The molecule has 2 unspecified atom stereocenters. The number of piperazine rings is 1. The van der Waals surface area contributed by atoms with Crippen molar-refractivity contribution in [2.45, 2.75) is 37.7 Å². The number of benzene rings is 3. The smallest absolute Gasteiger partial charge is 0.376 e. The number of halogens is 3. The van der Waals surface area contributed by atoms with Gasteiger partial charge in [-0.2, -0.15) is 13.2 Å². The zero-order valence-electron chi connectivity index (χ0n) is 18.7. The molecule has 1 aliphatic rings. The van der Waals surface area contributed by atoms with Gasteiger partial charge in [0.15, 0.2) is 5.60 Å². The predicted molar refractivity (Wildman–Crippen MR) is 125 cm³/mol. The van der Waals surface area contributed by atoms with E-state index in [-0.39, 0.29) is 11.6 Å². The lowest BCUT2D eigenvalue weighted by Gasteiger charge is -2.43. The Bertz CT molecular complexity index is 1020. The van der Waals surface area contributed by atoms with Crippen molar-refractivity contribution in [2.24, 2.45) is 0 Å². The van der Waals surface area contributed by atoms with E-state index < -0.39 is 11.8 Å². The molecule has 3 aromatic rings. The van der Waals surface area contributed by atoms with Gasteiger partial charge in [-0.15, -0.1) is 0 Å². The van der Waals surface area contributed by atoms with Crippen molar-refractivity contribution in [3.8, 4) is 0 Å². The number of nitrogens with zero attached hydrogens (tertiary/aromatic N) is 2. The summed E-state index contributed by atoms with van der Waals surface area (Å²) < 4.78 is 39.7. The van der Waals surface area contributed by atoms with Crippen molar-refractivity contribution >= 4 is 5.69 Å². The van der Waals surface area contributed by atoms with Crippen LogP contribution in [0.4, 0.5) is 18.9 Å². The number of hydrogen-bond donors (Lipinski definition) is 1. The SMILES string of the molecule is CC(O)(c1ccc(N2CCN(Cc3ccccc3)CC2Cc2ccccc2)cc1)C(F)(F)F. The van der Waals surface area contributed by atoms with Gasteiger partial charge in [-0.05, 0) is 42.2 Å². The molecule has 0 aromatic heterocycles. The first kappa shape index (κ1) is 23.3. The van der Waals surface area contributed by atoms with Gasteiger partial charge in [0.2, 0.25) is 0 Å². The van der Waals surface area contributed by atoms with Gasteiger partial charge in [-0.25, -0.2) is 0 Å². The molecule has 1 N–H and O–H groups in total. The Morgan fingerprint density at radius 3 is 1.97 bits per heavy atom. The first-order valence-electron chi connectivity index (χ1n) is 11.2. The van der Waals surface area contributed by atoms with E-state index in [4.69, 9.17) is 0 Å². The molecule has 0 radical (unpaired) electrons. The molecule has 1 fully saturated rings. The Morgan fingerprint density at radius 1 is 0.818 bits per heavy atom. The van der Waals surface area contributed by atoms with Crippen LogP contribution in [-0.4, -0.2) is 41.9 Å². The maximum absolute atomic E-state index is 13.2. The highest BCUT2D eigenvalue weighted by Gasteiger charge is 2.51. The molecule has 1 saturated heterocycles. The minimum Gasteiger partial charge on any atom is -0.376 e.